The van der Waals surface area contributed by atoms with Gasteiger partial charge in [0.05, 0.1) is 16.3 Å². The monoisotopic (exact) mass is 384 g/mol. The average Bonchev–Trinajstić information content (AvgIpc) is 3.42. The number of hydrogen-bond donors (Lipinski definition) is 0. The topological polar surface area (TPSA) is 33.2 Å². The molecule has 0 spiro atoms. The highest BCUT2D eigenvalue weighted by atomic mass is 32.2. The van der Waals surface area contributed by atoms with Crippen molar-refractivity contribution in [2.24, 2.45) is 0 Å². The molecule has 0 N–H and O–H groups in total. The molecule has 3 nitrogen and oxygen atoms in total. The molecular formula is C18H16F4N2OS. The van der Waals surface area contributed by atoms with Gasteiger partial charge in [-0.2, -0.15) is 13.2 Å². The van der Waals surface area contributed by atoms with Crippen LogP contribution in [-0.2, 0) is 17.5 Å². The first-order valence-corrected chi connectivity index (χ1v) is 9.01. The van der Waals surface area contributed by atoms with Gasteiger partial charge in [0.1, 0.15) is 5.82 Å². The van der Waals surface area contributed by atoms with Crippen molar-refractivity contribution in [2.75, 3.05) is 5.75 Å². The van der Waals surface area contributed by atoms with Gasteiger partial charge in [-0.1, -0.05) is 23.9 Å². The van der Waals surface area contributed by atoms with Gasteiger partial charge in [0.25, 0.3) is 0 Å². The van der Waals surface area contributed by atoms with Crippen molar-refractivity contribution >= 4 is 17.7 Å². The molecule has 1 fully saturated rings. The predicted octanol–water partition coefficient (Wildman–Crippen LogP) is 4.52. The molecule has 0 atom stereocenters. The number of nitrogens with zero attached hydrogens (tertiary/aromatic N) is 2. The molecule has 1 saturated carbocycles. The first kappa shape index (κ1) is 18.7. The number of amides is 1. The summed E-state index contributed by atoms with van der Waals surface area (Å²) in [6.45, 7) is 0.322. The fourth-order valence-electron chi connectivity index (χ4n) is 2.49. The maximum atomic E-state index is 13.3. The van der Waals surface area contributed by atoms with E-state index >= 15 is 0 Å². The van der Waals surface area contributed by atoms with Gasteiger partial charge in [-0.3, -0.25) is 4.79 Å². The maximum absolute atomic E-state index is 13.3. The molecule has 0 bridgehead atoms. The van der Waals surface area contributed by atoms with E-state index in [0.717, 1.165) is 36.9 Å². The fraction of sp³-hybridized carbons (Fsp3) is 0.333. The number of pyridine rings is 1. The summed E-state index contributed by atoms with van der Waals surface area (Å²) >= 11 is 1.09. The summed E-state index contributed by atoms with van der Waals surface area (Å²) in [4.78, 5) is 18.0. The van der Waals surface area contributed by atoms with Crippen molar-refractivity contribution in [1.82, 2.24) is 9.88 Å². The molecule has 1 aromatic heterocycles. The van der Waals surface area contributed by atoms with E-state index in [-0.39, 0.29) is 23.5 Å². The number of carbonyl (C=O) groups is 1. The van der Waals surface area contributed by atoms with Crippen LogP contribution in [0.2, 0.25) is 0 Å². The van der Waals surface area contributed by atoms with Crippen molar-refractivity contribution in [3.63, 3.8) is 0 Å². The largest absolute Gasteiger partial charge is 0.417 e. The summed E-state index contributed by atoms with van der Waals surface area (Å²) in [5.41, 5.74) is -0.109. The van der Waals surface area contributed by atoms with Crippen LogP contribution in [0.1, 0.15) is 24.0 Å². The van der Waals surface area contributed by atoms with Crippen LogP contribution in [0.5, 0.6) is 0 Å². The van der Waals surface area contributed by atoms with E-state index in [1.807, 2.05) is 0 Å². The zero-order valence-electron chi connectivity index (χ0n) is 13.7. The third-order valence-electron chi connectivity index (χ3n) is 3.96. The van der Waals surface area contributed by atoms with E-state index in [4.69, 9.17) is 0 Å². The van der Waals surface area contributed by atoms with Gasteiger partial charge in [0.2, 0.25) is 5.91 Å². The lowest BCUT2D eigenvalue weighted by molar-refractivity contribution is -0.138. The van der Waals surface area contributed by atoms with Crippen LogP contribution in [0, 0.1) is 5.82 Å². The van der Waals surface area contributed by atoms with Crippen LogP contribution in [-0.4, -0.2) is 27.6 Å². The highest BCUT2D eigenvalue weighted by molar-refractivity contribution is 7.99. The summed E-state index contributed by atoms with van der Waals surface area (Å²) < 4.78 is 50.9. The molecule has 2 aromatic rings. The van der Waals surface area contributed by atoms with E-state index in [2.05, 4.69) is 4.98 Å². The minimum atomic E-state index is -4.43. The Balaban J connectivity index is 1.60. The molecule has 1 aromatic carbocycles. The van der Waals surface area contributed by atoms with Gasteiger partial charge in [-0.25, -0.2) is 9.37 Å². The van der Waals surface area contributed by atoms with Crippen molar-refractivity contribution in [1.29, 1.82) is 0 Å². The van der Waals surface area contributed by atoms with Crippen LogP contribution in [0.3, 0.4) is 0 Å². The maximum Gasteiger partial charge on any atom is 0.417 e. The van der Waals surface area contributed by atoms with Crippen molar-refractivity contribution in [3.8, 4) is 0 Å². The number of rotatable bonds is 6. The first-order chi connectivity index (χ1) is 12.3. The number of alkyl halides is 3. The third-order valence-corrected chi connectivity index (χ3v) is 4.89. The lowest BCUT2D eigenvalue weighted by Crippen LogP contribution is -2.34. The van der Waals surface area contributed by atoms with Gasteiger partial charge < -0.3 is 4.90 Å². The molecular weight excluding hydrogens is 368 g/mol. The second-order valence-electron chi connectivity index (χ2n) is 6.05. The first-order valence-electron chi connectivity index (χ1n) is 8.03. The molecule has 0 aliphatic heterocycles. The molecule has 1 amide bonds. The Bertz CT molecular complexity index is 776. The molecule has 0 radical (unpaired) electrons. The van der Waals surface area contributed by atoms with Crippen LogP contribution in [0.25, 0.3) is 0 Å². The standard InChI is InChI=1S/C18H16F4N2OS/c19-14-3-1-2-12(8-14)10-24(15-5-6-15)17(25)11-26-16-7-4-13(9-23-16)18(20,21)22/h1-4,7-9,15H,5-6,10-11H2. The highest BCUT2D eigenvalue weighted by Gasteiger charge is 2.33. The molecule has 1 aliphatic rings. The van der Waals surface area contributed by atoms with E-state index in [0.29, 0.717) is 17.1 Å². The van der Waals surface area contributed by atoms with Crippen LogP contribution in [0.15, 0.2) is 47.6 Å². The fourth-order valence-corrected chi connectivity index (χ4v) is 3.22. The van der Waals surface area contributed by atoms with E-state index in [1.54, 1.807) is 17.0 Å². The van der Waals surface area contributed by atoms with Crippen molar-refractivity contribution in [2.45, 2.75) is 36.6 Å². The number of hydrogen-bond acceptors (Lipinski definition) is 3. The lowest BCUT2D eigenvalue weighted by Gasteiger charge is -2.22. The van der Waals surface area contributed by atoms with Crippen LogP contribution in [0.4, 0.5) is 17.6 Å². The molecule has 0 unspecified atom stereocenters. The highest BCUT2D eigenvalue weighted by Crippen LogP contribution is 2.31. The third kappa shape index (κ3) is 4.97. The normalized spacial score (nSPS) is 14.3. The zero-order chi connectivity index (χ0) is 18.7. The summed E-state index contributed by atoms with van der Waals surface area (Å²) in [5, 5.41) is 0.354. The average molecular weight is 384 g/mol. The molecule has 26 heavy (non-hydrogen) atoms. The smallest absolute Gasteiger partial charge is 0.335 e. The second-order valence-corrected chi connectivity index (χ2v) is 7.05. The lowest BCUT2D eigenvalue weighted by atomic mass is 10.2. The summed E-state index contributed by atoms with van der Waals surface area (Å²) in [6.07, 6.45) is -1.85. The SMILES string of the molecule is O=C(CSc1ccc(C(F)(F)F)cn1)N(Cc1cccc(F)c1)C1CC1. The Morgan fingerprint density at radius 3 is 2.58 bits per heavy atom. The van der Waals surface area contributed by atoms with Gasteiger partial charge in [-0.15, -0.1) is 0 Å². The number of thioether (sulfide) groups is 1. The Morgan fingerprint density at radius 1 is 1.23 bits per heavy atom. The molecule has 8 heteroatoms. The van der Waals surface area contributed by atoms with Crippen molar-refractivity contribution in [3.05, 3.63) is 59.5 Å². The Labute approximate surface area is 152 Å². The quantitative estimate of drug-likeness (QED) is 0.542. The van der Waals surface area contributed by atoms with Gasteiger partial charge in [0, 0.05) is 18.8 Å². The zero-order valence-corrected chi connectivity index (χ0v) is 14.5. The molecule has 3 rings (SSSR count). The Kier molecular flexibility index (Phi) is 5.50. The van der Waals surface area contributed by atoms with Gasteiger partial charge >= 0.3 is 6.18 Å². The number of benzene rings is 1. The summed E-state index contributed by atoms with van der Waals surface area (Å²) in [5.74, 6) is -0.415. The summed E-state index contributed by atoms with van der Waals surface area (Å²) in [6, 6.07) is 8.45. The van der Waals surface area contributed by atoms with Gasteiger partial charge in [0.15, 0.2) is 0 Å². The second kappa shape index (κ2) is 7.65. The number of aromatic nitrogens is 1. The molecule has 1 aliphatic carbocycles. The van der Waals surface area contributed by atoms with Crippen LogP contribution >= 0.6 is 11.8 Å². The minimum Gasteiger partial charge on any atom is -0.335 e. The van der Waals surface area contributed by atoms with E-state index in [1.165, 1.54) is 18.2 Å². The van der Waals surface area contributed by atoms with Gasteiger partial charge in [-0.05, 0) is 42.7 Å². The Morgan fingerprint density at radius 2 is 2.00 bits per heavy atom. The van der Waals surface area contributed by atoms with Crippen molar-refractivity contribution < 1.29 is 22.4 Å². The molecule has 138 valence electrons. The van der Waals surface area contributed by atoms with Crippen LogP contribution < -0.4 is 0 Å². The van der Waals surface area contributed by atoms with E-state index in [9.17, 15) is 22.4 Å². The summed E-state index contributed by atoms with van der Waals surface area (Å²) in [7, 11) is 0. The number of halogens is 4. The number of carbonyl (C=O) groups excluding carboxylic acids is 1. The van der Waals surface area contributed by atoms with E-state index < -0.39 is 11.7 Å². The molecule has 0 saturated heterocycles. The predicted molar refractivity (Wildman–Crippen MR) is 89.9 cm³/mol. The Hall–Kier alpha value is -2.09. The molecule has 1 heterocycles. The minimum absolute atomic E-state index is 0.0736.